The number of benzene rings is 1. The normalized spacial score (nSPS) is 16.2. The summed E-state index contributed by atoms with van der Waals surface area (Å²) in [5.74, 6) is -0.360. The SMILES string of the molecule is COc1ccc(/C=C2/SC(=O)N(CC(=O)OC(C)C)C2=O)cc1I. The maximum atomic E-state index is 12.3. The number of rotatable bonds is 5. The lowest BCUT2D eigenvalue weighted by atomic mass is 10.2. The average molecular weight is 461 g/mol. The van der Waals surface area contributed by atoms with Gasteiger partial charge in [-0.05, 0) is 72.0 Å². The monoisotopic (exact) mass is 461 g/mol. The van der Waals surface area contributed by atoms with Crippen molar-refractivity contribution in [1.82, 2.24) is 4.90 Å². The lowest BCUT2D eigenvalue weighted by Crippen LogP contribution is -2.35. The van der Waals surface area contributed by atoms with Crippen LogP contribution in [0.25, 0.3) is 6.08 Å². The molecule has 1 fully saturated rings. The second-order valence-corrected chi connectivity index (χ2v) is 7.36. The van der Waals surface area contributed by atoms with Gasteiger partial charge in [-0.2, -0.15) is 0 Å². The Morgan fingerprint density at radius 2 is 2.08 bits per heavy atom. The summed E-state index contributed by atoms with van der Waals surface area (Å²) in [7, 11) is 1.58. The third-order valence-corrected chi connectivity index (χ3v) is 4.75. The fourth-order valence-electron chi connectivity index (χ4n) is 1.99. The molecule has 1 aliphatic rings. The molecule has 0 aromatic heterocycles. The van der Waals surface area contributed by atoms with Crippen molar-refractivity contribution in [2.24, 2.45) is 0 Å². The minimum Gasteiger partial charge on any atom is -0.496 e. The van der Waals surface area contributed by atoms with E-state index in [1.54, 1.807) is 39.2 Å². The average Bonchev–Trinajstić information content (AvgIpc) is 2.74. The van der Waals surface area contributed by atoms with E-state index in [9.17, 15) is 14.4 Å². The highest BCUT2D eigenvalue weighted by molar-refractivity contribution is 14.1. The van der Waals surface area contributed by atoms with Gasteiger partial charge in [0, 0.05) is 0 Å². The summed E-state index contributed by atoms with van der Waals surface area (Å²) in [5.41, 5.74) is 0.774. The van der Waals surface area contributed by atoms with E-state index in [1.165, 1.54) is 0 Å². The van der Waals surface area contributed by atoms with Crippen LogP contribution >= 0.6 is 34.4 Å². The number of halogens is 1. The molecule has 2 rings (SSSR count). The Morgan fingerprint density at radius 1 is 1.38 bits per heavy atom. The molecule has 6 nitrogen and oxygen atoms in total. The molecule has 24 heavy (non-hydrogen) atoms. The molecule has 0 bridgehead atoms. The number of carbonyl (C=O) groups is 3. The van der Waals surface area contributed by atoms with Crippen LogP contribution in [0, 0.1) is 3.57 Å². The van der Waals surface area contributed by atoms with Gasteiger partial charge in [-0.25, -0.2) is 0 Å². The molecular weight excluding hydrogens is 445 g/mol. The van der Waals surface area contributed by atoms with Crippen LogP contribution in [0.2, 0.25) is 0 Å². The largest absolute Gasteiger partial charge is 0.496 e. The first-order valence-corrected chi connectivity index (χ1v) is 8.99. The number of imide groups is 1. The van der Waals surface area contributed by atoms with Gasteiger partial charge in [0.05, 0.1) is 21.7 Å². The van der Waals surface area contributed by atoms with Crippen molar-refractivity contribution in [3.05, 3.63) is 32.2 Å². The molecule has 2 amide bonds. The van der Waals surface area contributed by atoms with Crippen LogP contribution in [0.1, 0.15) is 19.4 Å². The van der Waals surface area contributed by atoms with Crippen LogP contribution in [0.15, 0.2) is 23.1 Å². The Hall–Kier alpha value is -1.55. The Balaban J connectivity index is 2.15. The first-order valence-electron chi connectivity index (χ1n) is 7.10. The number of hydrogen-bond acceptors (Lipinski definition) is 6. The summed E-state index contributed by atoms with van der Waals surface area (Å²) < 4.78 is 11.1. The second-order valence-electron chi connectivity index (χ2n) is 5.20. The molecule has 1 saturated heterocycles. The van der Waals surface area contributed by atoms with E-state index >= 15 is 0 Å². The molecule has 1 aliphatic heterocycles. The van der Waals surface area contributed by atoms with Gasteiger partial charge in [0.1, 0.15) is 12.3 Å². The number of carbonyl (C=O) groups excluding carboxylic acids is 3. The zero-order valence-corrected chi connectivity index (χ0v) is 16.3. The Bertz CT molecular complexity index is 716. The van der Waals surface area contributed by atoms with Crippen molar-refractivity contribution >= 4 is 57.5 Å². The molecule has 0 radical (unpaired) electrons. The van der Waals surface area contributed by atoms with Crippen LogP contribution in [0.5, 0.6) is 5.75 Å². The van der Waals surface area contributed by atoms with E-state index in [0.29, 0.717) is 0 Å². The van der Waals surface area contributed by atoms with Crippen molar-refractivity contribution in [3.63, 3.8) is 0 Å². The van der Waals surface area contributed by atoms with E-state index in [-0.39, 0.29) is 17.6 Å². The summed E-state index contributed by atoms with van der Waals surface area (Å²) in [6, 6.07) is 5.43. The Kier molecular flexibility index (Phi) is 6.27. The number of thioether (sulfide) groups is 1. The third-order valence-electron chi connectivity index (χ3n) is 3.00. The molecule has 0 saturated carbocycles. The predicted molar refractivity (Wildman–Crippen MR) is 99.6 cm³/mol. The van der Waals surface area contributed by atoms with Crippen molar-refractivity contribution in [1.29, 1.82) is 0 Å². The van der Waals surface area contributed by atoms with Gasteiger partial charge in [-0.1, -0.05) is 6.07 Å². The van der Waals surface area contributed by atoms with Gasteiger partial charge in [0.25, 0.3) is 11.1 Å². The minimum atomic E-state index is -0.604. The maximum absolute atomic E-state index is 12.3. The molecule has 1 heterocycles. The summed E-state index contributed by atoms with van der Waals surface area (Å²) in [4.78, 5) is 37.1. The van der Waals surface area contributed by atoms with E-state index in [4.69, 9.17) is 9.47 Å². The minimum absolute atomic E-state index is 0.276. The molecule has 0 spiro atoms. The molecule has 0 aliphatic carbocycles. The van der Waals surface area contributed by atoms with Gasteiger partial charge < -0.3 is 9.47 Å². The maximum Gasteiger partial charge on any atom is 0.326 e. The zero-order chi connectivity index (χ0) is 17.9. The van der Waals surface area contributed by atoms with Gasteiger partial charge in [0.15, 0.2) is 0 Å². The molecule has 8 heteroatoms. The van der Waals surface area contributed by atoms with E-state index in [2.05, 4.69) is 22.6 Å². The van der Waals surface area contributed by atoms with Crippen LogP contribution in [0.3, 0.4) is 0 Å². The molecule has 0 unspecified atom stereocenters. The lowest BCUT2D eigenvalue weighted by molar-refractivity contribution is -0.149. The van der Waals surface area contributed by atoms with Gasteiger partial charge in [-0.3, -0.25) is 19.3 Å². The van der Waals surface area contributed by atoms with Crippen LogP contribution < -0.4 is 4.74 Å². The standard InChI is InChI=1S/C16H16INO5S/c1-9(2)23-14(19)8-18-15(20)13(24-16(18)21)7-10-4-5-12(22-3)11(17)6-10/h4-7,9H,8H2,1-3H3/b13-7+. The van der Waals surface area contributed by atoms with E-state index in [1.807, 2.05) is 6.07 Å². The second kappa shape index (κ2) is 8.02. The van der Waals surface area contributed by atoms with Gasteiger partial charge in [0.2, 0.25) is 0 Å². The quantitative estimate of drug-likeness (QED) is 0.381. The molecule has 1 aromatic rings. The molecule has 0 atom stereocenters. The third kappa shape index (κ3) is 4.50. The molecule has 128 valence electrons. The van der Waals surface area contributed by atoms with Crippen molar-refractivity contribution in [2.75, 3.05) is 13.7 Å². The zero-order valence-electron chi connectivity index (χ0n) is 13.4. The Labute approximate surface area is 157 Å². The van der Waals surface area contributed by atoms with Crippen LogP contribution in [-0.4, -0.2) is 41.8 Å². The summed E-state index contributed by atoms with van der Waals surface area (Å²) in [6.07, 6.45) is 1.33. The summed E-state index contributed by atoms with van der Waals surface area (Å²) in [6.45, 7) is 3.04. The number of methoxy groups -OCH3 is 1. The molecule has 0 N–H and O–H groups in total. The highest BCUT2D eigenvalue weighted by atomic mass is 127. The first kappa shape index (κ1) is 18.8. The number of amides is 2. The highest BCUT2D eigenvalue weighted by Crippen LogP contribution is 2.33. The number of ether oxygens (including phenoxy) is 2. The Morgan fingerprint density at radius 3 is 2.67 bits per heavy atom. The smallest absolute Gasteiger partial charge is 0.326 e. The lowest BCUT2D eigenvalue weighted by Gasteiger charge is -2.13. The van der Waals surface area contributed by atoms with Crippen LogP contribution in [0.4, 0.5) is 4.79 Å². The summed E-state index contributed by atoms with van der Waals surface area (Å²) in [5, 5.41) is -0.477. The number of nitrogens with zero attached hydrogens (tertiary/aromatic N) is 1. The van der Waals surface area contributed by atoms with E-state index < -0.39 is 17.1 Å². The van der Waals surface area contributed by atoms with Crippen molar-refractivity contribution in [2.45, 2.75) is 20.0 Å². The van der Waals surface area contributed by atoms with Crippen molar-refractivity contribution < 1.29 is 23.9 Å². The topological polar surface area (TPSA) is 72.9 Å². The van der Waals surface area contributed by atoms with Gasteiger partial charge >= 0.3 is 5.97 Å². The molecular formula is C16H16INO5S. The predicted octanol–water partition coefficient (Wildman–Crippen LogP) is 3.29. The van der Waals surface area contributed by atoms with Gasteiger partial charge in [-0.15, -0.1) is 0 Å². The summed E-state index contributed by atoms with van der Waals surface area (Å²) >= 11 is 2.94. The van der Waals surface area contributed by atoms with Crippen LogP contribution in [-0.2, 0) is 14.3 Å². The number of esters is 1. The molecule has 1 aromatic carbocycles. The number of hydrogen-bond donors (Lipinski definition) is 0. The first-order chi connectivity index (χ1) is 11.3. The van der Waals surface area contributed by atoms with E-state index in [0.717, 1.165) is 31.5 Å². The highest BCUT2D eigenvalue weighted by Gasteiger charge is 2.36. The fourth-order valence-corrected chi connectivity index (χ4v) is 3.59. The fraction of sp³-hybridized carbons (Fsp3) is 0.312. The van der Waals surface area contributed by atoms with Crippen molar-refractivity contribution in [3.8, 4) is 5.75 Å².